The third kappa shape index (κ3) is 5.64. The lowest BCUT2D eigenvalue weighted by molar-refractivity contribution is 0.475. The van der Waals surface area contributed by atoms with Gasteiger partial charge in [-0.15, -0.1) is 0 Å². The van der Waals surface area contributed by atoms with Crippen LogP contribution in [0.1, 0.15) is 69.0 Å². The molecule has 0 saturated heterocycles. The van der Waals surface area contributed by atoms with Gasteiger partial charge in [0.15, 0.2) is 0 Å². The molecule has 1 atom stereocenters. The maximum absolute atomic E-state index is 5.72. The minimum atomic E-state index is 0.250. The summed E-state index contributed by atoms with van der Waals surface area (Å²) in [7, 11) is 0. The standard InChI is InChI=1S/C16H27BrN2/c1-3-4-5-6-7-8-12-15(19-18)14-11-9-10-13(2)16(14)17/h9-11,15,19H,3-8,12,18H2,1-2H3. The fraction of sp³-hybridized carbons (Fsp3) is 0.625. The van der Waals surface area contributed by atoms with Gasteiger partial charge in [-0.05, 0) is 24.5 Å². The first kappa shape index (κ1) is 16.7. The third-order valence-corrected chi connectivity index (χ3v) is 4.73. The van der Waals surface area contributed by atoms with E-state index in [1.807, 2.05) is 0 Å². The van der Waals surface area contributed by atoms with Crippen LogP contribution in [-0.4, -0.2) is 0 Å². The summed E-state index contributed by atoms with van der Waals surface area (Å²) in [5, 5.41) is 0. The SMILES string of the molecule is CCCCCCCCC(NN)c1cccc(C)c1Br. The molecule has 1 aromatic rings. The van der Waals surface area contributed by atoms with Crippen LogP contribution >= 0.6 is 15.9 Å². The number of hydrogen-bond donors (Lipinski definition) is 2. The van der Waals surface area contributed by atoms with Gasteiger partial charge in [-0.2, -0.15) is 0 Å². The lowest BCUT2D eigenvalue weighted by atomic mass is 9.99. The van der Waals surface area contributed by atoms with Crippen LogP contribution in [0.15, 0.2) is 22.7 Å². The lowest BCUT2D eigenvalue weighted by Gasteiger charge is -2.18. The number of halogens is 1. The first-order valence-corrected chi connectivity index (χ1v) is 8.21. The zero-order valence-corrected chi connectivity index (χ0v) is 13.8. The molecule has 0 aliphatic heterocycles. The molecule has 0 heterocycles. The van der Waals surface area contributed by atoms with Crippen molar-refractivity contribution < 1.29 is 0 Å². The van der Waals surface area contributed by atoms with E-state index in [4.69, 9.17) is 5.84 Å². The van der Waals surface area contributed by atoms with Crippen molar-refractivity contribution in [3.8, 4) is 0 Å². The van der Waals surface area contributed by atoms with Crippen LogP contribution in [0.2, 0.25) is 0 Å². The number of rotatable bonds is 9. The third-order valence-electron chi connectivity index (χ3n) is 3.64. The highest BCUT2D eigenvalue weighted by Crippen LogP contribution is 2.29. The molecule has 0 fully saturated rings. The van der Waals surface area contributed by atoms with Crippen molar-refractivity contribution in [2.75, 3.05) is 0 Å². The predicted octanol–water partition coefficient (Wildman–Crippen LogP) is 5.01. The van der Waals surface area contributed by atoms with Crippen LogP contribution < -0.4 is 11.3 Å². The van der Waals surface area contributed by atoms with Gasteiger partial charge in [-0.3, -0.25) is 11.3 Å². The Morgan fingerprint density at radius 1 is 1.16 bits per heavy atom. The maximum Gasteiger partial charge on any atom is 0.0471 e. The molecule has 1 aromatic carbocycles. The van der Waals surface area contributed by atoms with Gasteiger partial charge in [-0.1, -0.05) is 79.6 Å². The smallest absolute Gasteiger partial charge is 0.0471 e. The quantitative estimate of drug-likeness (QED) is 0.380. The summed E-state index contributed by atoms with van der Waals surface area (Å²) >= 11 is 3.67. The average molecular weight is 327 g/mol. The lowest BCUT2D eigenvalue weighted by Crippen LogP contribution is -2.28. The fourth-order valence-corrected chi connectivity index (χ4v) is 2.94. The van der Waals surface area contributed by atoms with Crippen molar-refractivity contribution in [3.05, 3.63) is 33.8 Å². The van der Waals surface area contributed by atoms with E-state index in [0.29, 0.717) is 0 Å². The summed E-state index contributed by atoms with van der Waals surface area (Å²) in [5.74, 6) is 5.72. The number of nitrogens with one attached hydrogen (secondary N) is 1. The molecule has 0 aromatic heterocycles. The number of hydrazine groups is 1. The molecule has 19 heavy (non-hydrogen) atoms. The summed E-state index contributed by atoms with van der Waals surface area (Å²) in [4.78, 5) is 0. The molecule has 108 valence electrons. The van der Waals surface area contributed by atoms with E-state index < -0.39 is 0 Å². The molecule has 0 amide bonds. The second-order valence-corrected chi connectivity index (χ2v) is 6.05. The molecule has 0 aliphatic carbocycles. The highest BCUT2D eigenvalue weighted by atomic mass is 79.9. The van der Waals surface area contributed by atoms with Gasteiger partial charge in [-0.25, -0.2) is 0 Å². The van der Waals surface area contributed by atoms with Crippen LogP contribution in [0.5, 0.6) is 0 Å². The Morgan fingerprint density at radius 2 is 1.84 bits per heavy atom. The molecule has 2 nitrogen and oxygen atoms in total. The van der Waals surface area contributed by atoms with E-state index in [9.17, 15) is 0 Å². The molecule has 0 radical (unpaired) electrons. The van der Waals surface area contributed by atoms with Crippen LogP contribution in [0.4, 0.5) is 0 Å². The van der Waals surface area contributed by atoms with Gasteiger partial charge in [0, 0.05) is 10.5 Å². The minimum absolute atomic E-state index is 0.250. The second kappa shape index (κ2) is 9.51. The minimum Gasteiger partial charge on any atom is -0.271 e. The second-order valence-electron chi connectivity index (χ2n) is 5.25. The van der Waals surface area contributed by atoms with E-state index in [0.717, 1.165) is 6.42 Å². The normalized spacial score (nSPS) is 12.6. The summed E-state index contributed by atoms with van der Waals surface area (Å²) in [5.41, 5.74) is 5.50. The molecule has 3 heteroatoms. The first-order chi connectivity index (χ1) is 9.20. The molecule has 0 bridgehead atoms. The fourth-order valence-electron chi connectivity index (χ4n) is 2.40. The Bertz CT molecular complexity index is 366. The molecule has 3 N–H and O–H groups in total. The Hall–Kier alpha value is -0.380. The van der Waals surface area contributed by atoms with Crippen molar-refractivity contribution in [1.82, 2.24) is 5.43 Å². The summed E-state index contributed by atoms with van der Waals surface area (Å²) in [6.07, 6.45) is 9.03. The van der Waals surface area contributed by atoms with Crippen LogP contribution in [0, 0.1) is 6.92 Å². The Morgan fingerprint density at radius 3 is 2.53 bits per heavy atom. The monoisotopic (exact) mass is 326 g/mol. The summed E-state index contributed by atoms with van der Waals surface area (Å²) < 4.78 is 1.18. The van der Waals surface area contributed by atoms with Gasteiger partial charge < -0.3 is 0 Å². The van der Waals surface area contributed by atoms with Crippen LogP contribution in [0.25, 0.3) is 0 Å². The number of benzene rings is 1. The topological polar surface area (TPSA) is 38.0 Å². The Kier molecular flexibility index (Phi) is 8.35. The largest absolute Gasteiger partial charge is 0.271 e. The first-order valence-electron chi connectivity index (χ1n) is 7.41. The number of aryl methyl sites for hydroxylation is 1. The van der Waals surface area contributed by atoms with Gasteiger partial charge in [0.05, 0.1) is 0 Å². The maximum atomic E-state index is 5.72. The van der Waals surface area contributed by atoms with Crippen molar-refractivity contribution in [3.63, 3.8) is 0 Å². The van der Waals surface area contributed by atoms with Gasteiger partial charge in [0.25, 0.3) is 0 Å². The van der Waals surface area contributed by atoms with Crippen molar-refractivity contribution in [1.29, 1.82) is 0 Å². The average Bonchev–Trinajstić information content (AvgIpc) is 2.42. The van der Waals surface area contributed by atoms with Gasteiger partial charge in [0.2, 0.25) is 0 Å². The van der Waals surface area contributed by atoms with E-state index >= 15 is 0 Å². The van der Waals surface area contributed by atoms with Crippen molar-refractivity contribution >= 4 is 15.9 Å². The molecule has 1 rings (SSSR count). The Balaban J connectivity index is 2.43. The summed E-state index contributed by atoms with van der Waals surface area (Å²) in [6.45, 7) is 4.37. The number of unbranched alkanes of at least 4 members (excludes halogenated alkanes) is 5. The van der Waals surface area contributed by atoms with Crippen LogP contribution in [0.3, 0.4) is 0 Å². The molecule has 0 aliphatic rings. The van der Waals surface area contributed by atoms with E-state index in [2.05, 4.69) is 53.4 Å². The Labute approximate surface area is 126 Å². The van der Waals surface area contributed by atoms with Crippen LogP contribution in [-0.2, 0) is 0 Å². The van der Waals surface area contributed by atoms with E-state index in [1.165, 1.54) is 54.1 Å². The molecular formula is C16H27BrN2. The van der Waals surface area contributed by atoms with Crippen molar-refractivity contribution in [2.24, 2.45) is 5.84 Å². The zero-order valence-electron chi connectivity index (χ0n) is 12.2. The summed E-state index contributed by atoms with van der Waals surface area (Å²) in [6, 6.07) is 6.62. The van der Waals surface area contributed by atoms with E-state index in [1.54, 1.807) is 0 Å². The predicted molar refractivity (Wildman–Crippen MR) is 86.9 cm³/mol. The van der Waals surface area contributed by atoms with Crippen molar-refractivity contribution in [2.45, 2.75) is 64.8 Å². The highest BCUT2D eigenvalue weighted by Gasteiger charge is 2.13. The highest BCUT2D eigenvalue weighted by molar-refractivity contribution is 9.10. The molecular weight excluding hydrogens is 300 g/mol. The van der Waals surface area contributed by atoms with Gasteiger partial charge >= 0.3 is 0 Å². The zero-order chi connectivity index (χ0) is 14.1. The van der Waals surface area contributed by atoms with Gasteiger partial charge in [0.1, 0.15) is 0 Å². The molecule has 1 unspecified atom stereocenters. The van der Waals surface area contributed by atoms with E-state index in [-0.39, 0.29) is 6.04 Å². The molecule has 0 spiro atoms. The number of nitrogens with two attached hydrogens (primary N) is 1. The molecule has 0 saturated carbocycles. The number of hydrogen-bond acceptors (Lipinski definition) is 2.